The van der Waals surface area contributed by atoms with Crippen LogP contribution >= 0.6 is 0 Å². The van der Waals surface area contributed by atoms with Crippen molar-refractivity contribution < 1.29 is 0 Å². The molecule has 0 atom stereocenters. The fourth-order valence-electron chi connectivity index (χ4n) is 1.34. The number of benzene rings is 1. The smallest absolute Gasteiger partial charge is 0.0219 e. The Labute approximate surface area is 121 Å². The highest BCUT2D eigenvalue weighted by molar-refractivity contribution is 5.51. The lowest BCUT2D eigenvalue weighted by Crippen LogP contribution is -1.85. The van der Waals surface area contributed by atoms with Gasteiger partial charge in [-0.25, -0.2) is 0 Å². The van der Waals surface area contributed by atoms with E-state index >= 15 is 0 Å². The summed E-state index contributed by atoms with van der Waals surface area (Å²) in [6, 6.07) is 8.75. The van der Waals surface area contributed by atoms with Crippen molar-refractivity contribution in [3.63, 3.8) is 0 Å². The van der Waals surface area contributed by atoms with Crippen molar-refractivity contribution in [2.24, 2.45) is 0 Å². The van der Waals surface area contributed by atoms with Gasteiger partial charge in [0.15, 0.2) is 0 Å². The summed E-state index contributed by atoms with van der Waals surface area (Å²) in [4.78, 5) is 0. The summed E-state index contributed by atoms with van der Waals surface area (Å²) in [6.07, 6.45) is 6.35. The summed E-state index contributed by atoms with van der Waals surface area (Å²) in [7, 11) is 0. The third kappa shape index (κ3) is 10.3. The van der Waals surface area contributed by atoms with Gasteiger partial charge in [0, 0.05) is 0 Å². The van der Waals surface area contributed by atoms with Crippen LogP contribution in [-0.2, 0) is 0 Å². The Hall–Kier alpha value is -1.30. The van der Waals surface area contributed by atoms with Gasteiger partial charge in [-0.2, -0.15) is 0 Å². The lowest BCUT2D eigenvalue weighted by molar-refractivity contribution is 0.866. The van der Waals surface area contributed by atoms with Crippen LogP contribution in [0.3, 0.4) is 0 Å². The highest BCUT2D eigenvalue weighted by Crippen LogP contribution is 2.15. The van der Waals surface area contributed by atoms with E-state index in [0.717, 1.165) is 0 Å². The van der Waals surface area contributed by atoms with Crippen molar-refractivity contribution in [2.75, 3.05) is 0 Å². The first-order chi connectivity index (χ1) is 9.09. The van der Waals surface area contributed by atoms with Gasteiger partial charge in [0.25, 0.3) is 0 Å². The first-order valence-electron chi connectivity index (χ1n) is 7.51. The molecule has 0 aliphatic rings. The van der Waals surface area contributed by atoms with Gasteiger partial charge in [-0.1, -0.05) is 89.6 Å². The van der Waals surface area contributed by atoms with Gasteiger partial charge < -0.3 is 0 Å². The van der Waals surface area contributed by atoms with Gasteiger partial charge in [0.1, 0.15) is 0 Å². The molecule has 0 fully saturated rings. The van der Waals surface area contributed by atoms with Crippen LogP contribution in [0.4, 0.5) is 0 Å². The third-order valence-corrected chi connectivity index (χ3v) is 2.32. The van der Waals surface area contributed by atoms with Gasteiger partial charge in [-0.3, -0.25) is 0 Å². The maximum Gasteiger partial charge on any atom is -0.0219 e. The molecule has 0 saturated carbocycles. The van der Waals surface area contributed by atoms with E-state index in [1.54, 1.807) is 0 Å². The van der Waals surface area contributed by atoms with E-state index in [4.69, 9.17) is 0 Å². The maximum atomic E-state index is 2.22. The molecule has 1 aromatic rings. The van der Waals surface area contributed by atoms with E-state index in [-0.39, 0.29) is 0 Å². The minimum atomic E-state index is 0.612. The average molecular weight is 260 g/mol. The molecular formula is C19H32. The lowest BCUT2D eigenvalue weighted by atomic mass is 10.0. The molecule has 0 aromatic heterocycles. The average Bonchev–Trinajstić information content (AvgIpc) is 2.43. The molecule has 0 aliphatic heterocycles. The molecule has 0 saturated heterocycles. The highest BCUT2D eigenvalue weighted by Gasteiger charge is 1.96. The molecule has 1 aromatic carbocycles. The molecule has 0 spiro atoms. The predicted octanol–water partition coefficient (Wildman–Crippen LogP) is 6.84. The Morgan fingerprint density at radius 2 is 1.37 bits per heavy atom. The van der Waals surface area contributed by atoms with E-state index in [1.807, 2.05) is 27.7 Å². The van der Waals surface area contributed by atoms with Crippen LogP contribution in [0.2, 0.25) is 0 Å². The van der Waals surface area contributed by atoms with Crippen molar-refractivity contribution >= 4 is 6.08 Å². The minimum Gasteiger partial charge on any atom is -0.0764 e. The van der Waals surface area contributed by atoms with E-state index in [9.17, 15) is 0 Å². The van der Waals surface area contributed by atoms with Crippen LogP contribution in [0.5, 0.6) is 0 Å². The molecule has 1 rings (SSSR count). The second-order valence-corrected chi connectivity index (χ2v) is 4.42. The summed E-state index contributed by atoms with van der Waals surface area (Å²) >= 11 is 0. The van der Waals surface area contributed by atoms with Crippen molar-refractivity contribution in [3.05, 3.63) is 53.1 Å². The Morgan fingerprint density at radius 3 is 1.74 bits per heavy atom. The molecule has 19 heavy (non-hydrogen) atoms. The number of rotatable bonds is 3. The van der Waals surface area contributed by atoms with Crippen molar-refractivity contribution in [1.29, 1.82) is 0 Å². The van der Waals surface area contributed by atoms with E-state index in [0.29, 0.717) is 5.92 Å². The van der Waals surface area contributed by atoms with E-state index < -0.39 is 0 Å². The third-order valence-electron chi connectivity index (χ3n) is 2.32. The first kappa shape index (κ1) is 20.0. The van der Waals surface area contributed by atoms with Crippen LogP contribution in [0.1, 0.15) is 72.4 Å². The van der Waals surface area contributed by atoms with Crippen molar-refractivity contribution in [1.82, 2.24) is 0 Å². The molecule has 0 radical (unpaired) electrons. The molecule has 0 N–H and O–H groups in total. The minimum absolute atomic E-state index is 0.612. The van der Waals surface area contributed by atoms with E-state index in [2.05, 4.69) is 70.2 Å². The fourth-order valence-corrected chi connectivity index (χ4v) is 1.34. The largest absolute Gasteiger partial charge is 0.0764 e. The quantitative estimate of drug-likeness (QED) is 0.522. The van der Waals surface area contributed by atoms with Crippen LogP contribution in [0.25, 0.3) is 6.08 Å². The van der Waals surface area contributed by atoms with Crippen LogP contribution in [0.15, 0.2) is 42.0 Å². The van der Waals surface area contributed by atoms with Crippen LogP contribution < -0.4 is 0 Å². The summed E-state index contributed by atoms with van der Waals surface area (Å²) in [5, 5.41) is 0. The number of hydrogen-bond donors (Lipinski definition) is 0. The summed E-state index contributed by atoms with van der Waals surface area (Å²) in [5.74, 6) is 0.612. The topological polar surface area (TPSA) is 0 Å². The normalized spacial score (nSPS) is 9.32. The summed E-state index contributed by atoms with van der Waals surface area (Å²) in [5.41, 5.74) is 3.98. The lowest BCUT2D eigenvalue weighted by Gasteiger charge is -2.04. The van der Waals surface area contributed by atoms with Crippen LogP contribution in [-0.4, -0.2) is 0 Å². The Morgan fingerprint density at radius 1 is 0.895 bits per heavy atom. The molecule has 0 amide bonds. The molecule has 0 bridgehead atoms. The van der Waals surface area contributed by atoms with Crippen molar-refractivity contribution in [3.8, 4) is 0 Å². The van der Waals surface area contributed by atoms with E-state index in [1.165, 1.54) is 16.7 Å². The molecule has 0 heterocycles. The molecule has 0 nitrogen and oxygen atoms in total. The maximum absolute atomic E-state index is 2.22. The summed E-state index contributed by atoms with van der Waals surface area (Å²) in [6.45, 7) is 16.6. The zero-order valence-electron chi connectivity index (χ0n) is 14.1. The SMILES string of the molecule is CC.CC.CC(C)=CC=Cc1ccc(C(C)C)cc1. The monoisotopic (exact) mass is 260 g/mol. The molecule has 0 heteroatoms. The van der Waals surface area contributed by atoms with Gasteiger partial charge in [0.2, 0.25) is 0 Å². The van der Waals surface area contributed by atoms with Gasteiger partial charge in [0.05, 0.1) is 0 Å². The number of hydrogen-bond acceptors (Lipinski definition) is 0. The van der Waals surface area contributed by atoms with Crippen molar-refractivity contribution in [2.45, 2.75) is 61.3 Å². The first-order valence-corrected chi connectivity index (χ1v) is 7.51. The molecule has 0 unspecified atom stereocenters. The summed E-state index contributed by atoms with van der Waals surface area (Å²) < 4.78 is 0. The predicted molar refractivity (Wildman–Crippen MR) is 91.7 cm³/mol. The fraction of sp³-hybridized carbons (Fsp3) is 0.474. The molecule has 0 aliphatic carbocycles. The van der Waals surface area contributed by atoms with Crippen LogP contribution in [0, 0.1) is 0 Å². The molecule has 108 valence electrons. The van der Waals surface area contributed by atoms with Gasteiger partial charge >= 0.3 is 0 Å². The Balaban J connectivity index is 0. The Bertz CT molecular complexity index is 346. The Kier molecular flexibility index (Phi) is 13.8. The van der Waals surface area contributed by atoms with Gasteiger partial charge in [-0.05, 0) is 30.9 Å². The second-order valence-electron chi connectivity index (χ2n) is 4.42. The zero-order chi connectivity index (χ0) is 15.3. The molecular weight excluding hydrogens is 228 g/mol. The van der Waals surface area contributed by atoms with Gasteiger partial charge in [-0.15, -0.1) is 0 Å². The number of allylic oxidation sites excluding steroid dienone is 3. The second kappa shape index (κ2) is 13.1. The highest BCUT2D eigenvalue weighted by atomic mass is 14.0. The zero-order valence-corrected chi connectivity index (χ0v) is 14.1. The standard InChI is InChI=1S/C15H20.2C2H6/c1-12(2)6-5-7-14-8-10-15(11-9-14)13(3)4;2*1-2/h5-11,13H,1-4H3;2*1-2H3.